The van der Waals surface area contributed by atoms with Crippen molar-refractivity contribution in [2.45, 2.75) is 11.8 Å². The van der Waals surface area contributed by atoms with Crippen molar-refractivity contribution in [3.63, 3.8) is 0 Å². The molecule has 0 radical (unpaired) electrons. The SMILES string of the molecule is Cc1ccc(S(N)(=O)=O)cc1-c1ccccc1. The molecular formula is C13H13NO2S. The first kappa shape index (κ1) is 11.8. The molecular weight excluding hydrogens is 234 g/mol. The van der Waals surface area contributed by atoms with E-state index in [0.29, 0.717) is 0 Å². The number of nitrogens with two attached hydrogens (primary N) is 1. The number of aryl methyl sites for hydroxylation is 1. The van der Waals surface area contributed by atoms with Gasteiger partial charge in [-0.1, -0.05) is 36.4 Å². The van der Waals surface area contributed by atoms with Crippen LogP contribution >= 0.6 is 0 Å². The molecule has 0 amide bonds. The normalized spacial score (nSPS) is 11.4. The molecule has 0 heterocycles. The van der Waals surface area contributed by atoms with Gasteiger partial charge in [0.1, 0.15) is 0 Å². The average molecular weight is 247 g/mol. The Labute approximate surface area is 101 Å². The molecule has 2 aromatic rings. The predicted molar refractivity (Wildman–Crippen MR) is 68.0 cm³/mol. The minimum Gasteiger partial charge on any atom is -0.225 e. The second-order valence-electron chi connectivity index (χ2n) is 3.89. The lowest BCUT2D eigenvalue weighted by Crippen LogP contribution is -2.12. The number of sulfonamides is 1. The standard InChI is InChI=1S/C13H13NO2S/c1-10-7-8-12(17(14,15)16)9-13(10)11-5-3-2-4-6-11/h2-9H,1H3,(H2,14,15,16). The van der Waals surface area contributed by atoms with Crippen molar-refractivity contribution in [1.29, 1.82) is 0 Å². The minimum atomic E-state index is -3.65. The molecule has 0 aliphatic heterocycles. The van der Waals surface area contributed by atoms with Crippen LogP contribution in [0.3, 0.4) is 0 Å². The Morgan fingerprint density at radius 2 is 1.65 bits per heavy atom. The minimum absolute atomic E-state index is 0.141. The number of benzene rings is 2. The van der Waals surface area contributed by atoms with E-state index < -0.39 is 10.0 Å². The molecule has 2 aromatic carbocycles. The molecule has 0 atom stereocenters. The summed E-state index contributed by atoms with van der Waals surface area (Å²) in [6.45, 7) is 1.94. The predicted octanol–water partition coefficient (Wildman–Crippen LogP) is 2.31. The highest BCUT2D eigenvalue weighted by Crippen LogP contribution is 2.25. The third-order valence-corrected chi connectivity index (χ3v) is 3.53. The van der Waals surface area contributed by atoms with Crippen molar-refractivity contribution < 1.29 is 8.42 Å². The van der Waals surface area contributed by atoms with Gasteiger partial charge in [0.2, 0.25) is 10.0 Å². The van der Waals surface area contributed by atoms with E-state index >= 15 is 0 Å². The van der Waals surface area contributed by atoms with Crippen molar-refractivity contribution in [2.75, 3.05) is 0 Å². The molecule has 0 aliphatic carbocycles. The van der Waals surface area contributed by atoms with E-state index in [-0.39, 0.29) is 4.90 Å². The summed E-state index contributed by atoms with van der Waals surface area (Å²) >= 11 is 0. The van der Waals surface area contributed by atoms with Gasteiger partial charge >= 0.3 is 0 Å². The Morgan fingerprint density at radius 1 is 1.00 bits per heavy atom. The summed E-state index contributed by atoms with van der Waals surface area (Å²) in [4.78, 5) is 0.141. The molecule has 0 saturated heterocycles. The monoisotopic (exact) mass is 247 g/mol. The quantitative estimate of drug-likeness (QED) is 0.885. The molecule has 3 nitrogen and oxygen atoms in total. The molecule has 2 N–H and O–H groups in total. The van der Waals surface area contributed by atoms with Crippen molar-refractivity contribution in [2.24, 2.45) is 5.14 Å². The molecule has 88 valence electrons. The molecule has 0 bridgehead atoms. The average Bonchev–Trinajstić information content (AvgIpc) is 2.29. The van der Waals surface area contributed by atoms with Gasteiger partial charge in [0, 0.05) is 0 Å². The summed E-state index contributed by atoms with van der Waals surface area (Å²) < 4.78 is 22.6. The maximum atomic E-state index is 11.3. The lowest BCUT2D eigenvalue weighted by Gasteiger charge is -2.08. The highest BCUT2D eigenvalue weighted by atomic mass is 32.2. The Balaban J connectivity index is 2.63. The molecule has 0 aromatic heterocycles. The van der Waals surface area contributed by atoms with E-state index in [0.717, 1.165) is 16.7 Å². The van der Waals surface area contributed by atoms with Crippen LogP contribution in [0.25, 0.3) is 11.1 Å². The van der Waals surface area contributed by atoms with Crippen LogP contribution in [-0.4, -0.2) is 8.42 Å². The topological polar surface area (TPSA) is 60.2 Å². The molecule has 17 heavy (non-hydrogen) atoms. The van der Waals surface area contributed by atoms with Crippen molar-refractivity contribution in [3.05, 3.63) is 54.1 Å². The van der Waals surface area contributed by atoms with Gasteiger partial charge in [-0.3, -0.25) is 0 Å². The fourth-order valence-electron chi connectivity index (χ4n) is 1.71. The zero-order valence-corrected chi connectivity index (χ0v) is 10.2. The number of rotatable bonds is 2. The zero-order valence-electron chi connectivity index (χ0n) is 9.42. The fourth-order valence-corrected chi connectivity index (χ4v) is 2.25. The van der Waals surface area contributed by atoms with Crippen molar-refractivity contribution in [3.8, 4) is 11.1 Å². The van der Waals surface area contributed by atoms with Gasteiger partial charge in [0.15, 0.2) is 0 Å². The Morgan fingerprint density at radius 3 is 2.24 bits per heavy atom. The first-order valence-electron chi connectivity index (χ1n) is 5.17. The fraction of sp³-hybridized carbons (Fsp3) is 0.0769. The van der Waals surface area contributed by atoms with Crippen LogP contribution in [-0.2, 0) is 10.0 Å². The van der Waals surface area contributed by atoms with Crippen LogP contribution in [0.1, 0.15) is 5.56 Å². The van der Waals surface area contributed by atoms with Gasteiger partial charge in [-0.15, -0.1) is 0 Å². The summed E-state index contributed by atoms with van der Waals surface area (Å²) in [5.41, 5.74) is 2.89. The first-order valence-corrected chi connectivity index (χ1v) is 6.72. The molecule has 0 fully saturated rings. The summed E-state index contributed by atoms with van der Waals surface area (Å²) in [6, 6.07) is 14.5. The van der Waals surface area contributed by atoms with E-state index in [4.69, 9.17) is 5.14 Å². The molecule has 4 heteroatoms. The second-order valence-corrected chi connectivity index (χ2v) is 5.45. The Hall–Kier alpha value is -1.65. The van der Waals surface area contributed by atoms with Gasteiger partial charge in [0.05, 0.1) is 4.90 Å². The summed E-state index contributed by atoms with van der Waals surface area (Å²) in [7, 11) is -3.65. The van der Waals surface area contributed by atoms with Gasteiger partial charge in [-0.25, -0.2) is 13.6 Å². The summed E-state index contributed by atoms with van der Waals surface area (Å²) in [5, 5.41) is 5.13. The van der Waals surface area contributed by atoms with E-state index in [2.05, 4.69) is 0 Å². The smallest absolute Gasteiger partial charge is 0.225 e. The molecule has 0 aliphatic rings. The second kappa shape index (κ2) is 4.31. The molecule has 0 unspecified atom stereocenters. The third-order valence-electron chi connectivity index (χ3n) is 2.62. The lowest BCUT2D eigenvalue weighted by atomic mass is 10.0. The van der Waals surface area contributed by atoms with Crippen LogP contribution in [0, 0.1) is 6.92 Å². The van der Waals surface area contributed by atoms with Gasteiger partial charge in [-0.05, 0) is 35.7 Å². The van der Waals surface area contributed by atoms with Gasteiger partial charge in [-0.2, -0.15) is 0 Å². The molecule has 0 spiro atoms. The highest BCUT2D eigenvalue weighted by molar-refractivity contribution is 7.89. The van der Waals surface area contributed by atoms with Crippen LogP contribution in [0.5, 0.6) is 0 Å². The van der Waals surface area contributed by atoms with Crippen LogP contribution < -0.4 is 5.14 Å². The zero-order chi connectivity index (χ0) is 12.5. The lowest BCUT2D eigenvalue weighted by molar-refractivity contribution is 0.598. The first-order chi connectivity index (χ1) is 7.98. The van der Waals surface area contributed by atoms with Crippen LogP contribution in [0.15, 0.2) is 53.4 Å². The van der Waals surface area contributed by atoms with Crippen molar-refractivity contribution in [1.82, 2.24) is 0 Å². The van der Waals surface area contributed by atoms with Gasteiger partial charge < -0.3 is 0 Å². The van der Waals surface area contributed by atoms with Crippen LogP contribution in [0.4, 0.5) is 0 Å². The maximum absolute atomic E-state index is 11.3. The number of hydrogen-bond acceptors (Lipinski definition) is 2. The Bertz CT molecular complexity index is 634. The summed E-state index contributed by atoms with van der Waals surface area (Å²) in [6.07, 6.45) is 0. The largest absolute Gasteiger partial charge is 0.238 e. The van der Waals surface area contributed by atoms with Crippen molar-refractivity contribution >= 4 is 10.0 Å². The Kier molecular flexibility index (Phi) is 3.00. The molecule has 2 rings (SSSR count). The van der Waals surface area contributed by atoms with E-state index in [1.807, 2.05) is 37.3 Å². The third kappa shape index (κ3) is 2.54. The number of primary sulfonamides is 1. The maximum Gasteiger partial charge on any atom is 0.238 e. The summed E-state index contributed by atoms with van der Waals surface area (Å²) in [5.74, 6) is 0. The van der Waals surface area contributed by atoms with Crippen LogP contribution in [0.2, 0.25) is 0 Å². The van der Waals surface area contributed by atoms with E-state index in [1.54, 1.807) is 12.1 Å². The van der Waals surface area contributed by atoms with E-state index in [9.17, 15) is 8.42 Å². The highest BCUT2D eigenvalue weighted by Gasteiger charge is 2.10. The number of hydrogen-bond donors (Lipinski definition) is 1. The molecule has 0 saturated carbocycles. The van der Waals surface area contributed by atoms with Gasteiger partial charge in [0.25, 0.3) is 0 Å². The van der Waals surface area contributed by atoms with E-state index in [1.165, 1.54) is 6.07 Å².